The number of carbonyl (C=O) groups excluding carboxylic acids is 1. The molecule has 4 nitrogen and oxygen atoms in total. The first kappa shape index (κ1) is 17.4. The Morgan fingerprint density at radius 1 is 1.12 bits per heavy atom. The molecule has 5 heteroatoms. The Bertz CT molecular complexity index is 975. The van der Waals surface area contributed by atoms with Crippen LogP contribution in [0.1, 0.15) is 41.3 Å². The van der Waals surface area contributed by atoms with E-state index in [0.29, 0.717) is 28.9 Å². The van der Waals surface area contributed by atoms with Crippen LogP contribution in [0.4, 0.5) is 0 Å². The van der Waals surface area contributed by atoms with Crippen molar-refractivity contribution >= 4 is 32.7 Å². The first-order chi connectivity index (χ1) is 11.9. The maximum atomic E-state index is 12.6. The van der Waals surface area contributed by atoms with Gasteiger partial charge in [-0.25, -0.2) is 0 Å². The van der Waals surface area contributed by atoms with Crippen LogP contribution >= 0.6 is 15.9 Å². The first-order valence-electron chi connectivity index (χ1n) is 8.13. The average Bonchev–Trinajstić information content (AvgIpc) is 2.59. The van der Waals surface area contributed by atoms with Crippen LogP contribution in [0.15, 0.2) is 57.8 Å². The van der Waals surface area contributed by atoms with Crippen molar-refractivity contribution in [2.24, 2.45) is 0 Å². The van der Waals surface area contributed by atoms with Gasteiger partial charge in [-0.1, -0.05) is 54.0 Å². The Balaban J connectivity index is 1.82. The lowest BCUT2D eigenvalue weighted by Crippen LogP contribution is -2.24. The summed E-state index contributed by atoms with van der Waals surface area (Å²) < 4.78 is 0.852. The Morgan fingerprint density at radius 2 is 1.84 bits per heavy atom. The molecule has 0 bridgehead atoms. The molecule has 25 heavy (non-hydrogen) atoms. The number of benzene rings is 2. The molecule has 3 aromatic rings. The maximum absolute atomic E-state index is 12.6. The standard InChI is InChI=1S/C20H19BrN2O2/c1-12(2)14-5-3-13(4-6-14)11-22-20(25)17-10-19(24)23-18-8-7-15(21)9-16(17)18/h3-10,12H,11H2,1-2H3,(H,22,25)(H,23,24). The van der Waals surface area contributed by atoms with Gasteiger partial charge in [0.15, 0.2) is 0 Å². The zero-order valence-corrected chi connectivity index (χ0v) is 15.7. The summed E-state index contributed by atoms with van der Waals surface area (Å²) in [5.41, 5.74) is 3.01. The van der Waals surface area contributed by atoms with E-state index in [1.54, 1.807) is 6.07 Å². The lowest BCUT2D eigenvalue weighted by molar-refractivity contribution is 0.0952. The number of hydrogen-bond donors (Lipinski definition) is 2. The second-order valence-electron chi connectivity index (χ2n) is 6.32. The topological polar surface area (TPSA) is 62.0 Å². The van der Waals surface area contributed by atoms with Crippen molar-refractivity contribution in [3.63, 3.8) is 0 Å². The molecular formula is C20H19BrN2O2. The molecule has 0 saturated heterocycles. The Kier molecular flexibility index (Phi) is 5.04. The van der Waals surface area contributed by atoms with Crippen molar-refractivity contribution < 1.29 is 4.79 Å². The Hall–Kier alpha value is -2.40. The smallest absolute Gasteiger partial charge is 0.252 e. The van der Waals surface area contributed by atoms with Gasteiger partial charge < -0.3 is 10.3 Å². The predicted molar refractivity (Wildman–Crippen MR) is 104 cm³/mol. The highest BCUT2D eigenvalue weighted by Gasteiger charge is 2.12. The summed E-state index contributed by atoms with van der Waals surface area (Å²) in [6.45, 7) is 4.71. The lowest BCUT2D eigenvalue weighted by Gasteiger charge is -2.10. The number of aromatic nitrogens is 1. The van der Waals surface area contributed by atoms with E-state index in [0.717, 1.165) is 10.0 Å². The number of hydrogen-bond acceptors (Lipinski definition) is 2. The molecule has 0 aliphatic carbocycles. The zero-order chi connectivity index (χ0) is 18.0. The highest BCUT2D eigenvalue weighted by molar-refractivity contribution is 9.10. The summed E-state index contributed by atoms with van der Waals surface area (Å²) >= 11 is 3.40. The summed E-state index contributed by atoms with van der Waals surface area (Å²) in [6, 6.07) is 15.0. The number of rotatable bonds is 4. The van der Waals surface area contributed by atoms with E-state index in [1.165, 1.54) is 11.6 Å². The SMILES string of the molecule is CC(C)c1ccc(CNC(=O)c2cc(=O)[nH]c3ccc(Br)cc23)cc1. The van der Waals surface area contributed by atoms with Crippen LogP contribution in [0, 0.1) is 0 Å². The van der Waals surface area contributed by atoms with Gasteiger partial charge in [0.1, 0.15) is 0 Å². The van der Waals surface area contributed by atoms with Gasteiger partial charge in [0.25, 0.3) is 5.91 Å². The molecule has 1 aromatic heterocycles. The molecular weight excluding hydrogens is 380 g/mol. The van der Waals surface area contributed by atoms with E-state index >= 15 is 0 Å². The van der Waals surface area contributed by atoms with Crippen molar-refractivity contribution in [2.75, 3.05) is 0 Å². The van der Waals surface area contributed by atoms with E-state index in [4.69, 9.17) is 0 Å². The van der Waals surface area contributed by atoms with Crippen LogP contribution < -0.4 is 10.9 Å². The summed E-state index contributed by atoms with van der Waals surface area (Å²) in [4.78, 5) is 27.2. The fraction of sp³-hybridized carbons (Fsp3) is 0.200. The predicted octanol–water partition coefficient (Wildman–Crippen LogP) is 4.34. The van der Waals surface area contributed by atoms with Gasteiger partial charge in [-0.05, 0) is 35.2 Å². The molecule has 1 heterocycles. The number of fused-ring (bicyclic) bond motifs is 1. The second-order valence-corrected chi connectivity index (χ2v) is 7.23. The minimum atomic E-state index is -0.291. The van der Waals surface area contributed by atoms with Crippen molar-refractivity contribution in [2.45, 2.75) is 26.3 Å². The van der Waals surface area contributed by atoms with Gasteiger partial charge in [0.05, 0.1) is 5.56 Å². The van der Waals surface area contributed by atoms with E-state index in [9.17, 15) is 9.59 Å². The highest BCUT2D eigenvalue weighted by atomic mass is 79.9. The first-order valence-corrected chi connectivity index (χ1v) is 8.93. The third-order valence-corrected chi connectivity index (χ3v) is 4.64. The summed E-state index contributed by atoms with van der Waals surface area (Å²) in [5.74, 6) is 0.214. The van der Waals surface area contributed by atoms with E-state index in [-0.39, 0.29) is 11.5 Å². The summed E-state index contributed by atoms with van der Waals surface area (Å²) in [6.07, 6.45) is 0. The molecule has 0 saturated carbocycles. The van der Waals surface area contributed by atoms with Crippen LogP contribution in [0.5, 0.6) is 0 Å². The molecule has 128 valence electrons. The van der Waals surface area contributed by atoms with Crippen molar-refractivity contribution in [1.29, 1.82) is 0 Å². The minimum Gasteiger partial charge on any atom is -0.348 e. The molecule has 0 aliphatic heterocycles. The van der Waals surface area contributed by atoms with Crippen molar-refractivity contribution in [3.8, 4) is 0 Å². The molecule has 2 aromatic carbocycles. The quantitative estimate of drug-likeness (QED) is 0.686. The number of nitrogens with one attached hydrogen (secondary N) is 2. The monoisotopic (exact) mass is 398 g/mol. The molecule has 0 fully saturated rings. The zero-order valence-electron chi connectivity index (χ0n) is 14.1. The molecule has 0 radical (unpaired) electrons. The number of carbonyl (C=O) groups is 1. The van der Waals surface area contributed by atoms with Crippen LogP contribution in [-0.4, -0.2) is 10.9 Å². The Morgan fingerprint density at radius 3 is 2.52 bits per heavy atom. The van der Waals surface area contributed by atoms with Gasteiger partial charge in [-0.15, -0.1) is 0 Å². The van der Waals surface area contributed by atoms with E-state index < -0.39 is 0 Å². The largest absolute Gasteiger partial charge is 0.348 e. The summed E-state index contributed by atoms with van der Waals surface area (Å²) in [5, 5.41) is 3.61. The van der Waals surface area contributed by atoms with Crippen molar-refractivity contribution in [3.05, 3.63) is 80.0 Å². The third kappa shape index (κ3) is 3.99. The van der Waals surface area contributed by atoms with Crippen LogP contribution in [0.25, 0.3) is 10.9 Å². The van der Waals surface area contributed by atoms with Gasteiger partial charge >= 0.3 is 0 Å². The Labute approximate surface area is 154 Å². The normalized spacial score (nSPS) is 11.0. The fourth-order valence-corrected chi connectivity index (χ4v) is 3.07. The number of pyridine rings is 1. The van der Waals surface area contributed by atoms with Crippen LogP contribution in [-0.2, 0) is 6.54 Å². The molecule has 0 unspecified atom stereocenters. The van der Waals surface area contributed by atoms with Gasteiger partial charge in [0, 0.05) is 28.0 Å². The van der Waals surface area contributed by atoms with Gasteiger partial charge in [0.2, 0.25) is 5.56 Å². The maximum Gasteiger partial charge on any atom is 0.252 e. The van der Waals surface area contributed by atoms with Crippen LogP contribution in [0.3, 0.4) is 0 Å². The number of aromatic amines is 1. The average molecular weight is 399 g/mol. The molecule has 2 N–H and O–H groups in total. The van der Waals surface area contributed by atoms with Gasteiger partial charge in [-0.2, -0.15) is 0 Å². The van der Waals surface area contributed by atoms with Crippen LogP contribution in [0.2, 0.25) is 0 Å². The fourth-order valence-electron chi connectivity index (χ4n) is 2.71. The second kappa shape index (κ2) is 7.23. The van der Waals surface area contributed by atoms with Gasteiger partial charge in [-0.3, -0.25) is 9.59 Å². The molecule has 0 aliphatic rings. The number of amides is 1. The van der Waals surface area contributed by atoms with Crippen molar-refractivity contribution in [1.82, 2.24) is 10.3 Å². The number of H-pyrrole nitrogens is 1. The molecule has 3 rings (SSSR count). The van der Waals surface area contributed by atoms with E-state index in [2.05, 4.69) is 52.2 Å². The number of halogens is 1. The highest BCUT2D eigenvalue weighted by Crippen LogP contribution is 2.20. The molecule has 0 spiro atoms. The molecule has 1 amide bonds. The lowest BCUT2D eigenvalue weighted by atomic mass is 10.0. The third-order valence-electron chi connectivity index (χ3n) is 4.15. The summed E-state index contributed by atoms with van der Waals surface area (Å²) in [7, 11) is 0. The molecule has 0 atom stereocenters. The minimum absolute atomic E-state index is 0.262. The van der Waals surface area contributed by atoms with E-state index in [1.807, 2.05) is 24.3 Å².